The minimum absolute atomic E-state index is 0.000208. The summed E-state index contributed by atoms with van der Waals surface area (Å²) in [5.41, 5.74) is 0.389. The Morgan fingerprint density at radius 2 is 2.16 bits per heavy atom. The molecule has 0 saturated carbocycles. The summed E-state index contributed by atoms with van der Waals surface area (Å²) in [5.74, 6) is -1.27. The number of rotatable bonds is 6. The van der Waals surface area contributed by atoms with Crippen LogP contribution in [0.15, 0.2) is 10.3 Å². The van der Waals surface area contributed by atoms with Crippen molar-refractivity contribution < 1.29 is 22.5 Å². The lowest BCUT2D eigenvalue weighted by atomic mass is 10.3. The Balaban J connectivity index is 3.04. The van der Waals surface area contributed by atoms with Gasteiger partial charge in [0, 0.05) is 28.9 Å². The van der Waals surface area contributed by atoms with E-state index in [9.17, 15) is 17.4 Å². The predicted molar refractivity (Wildman–Crippen MR) is 74.7 cm³/mol. The number of carboxylic acids is 1. The van der Waals surface area contributed by atoms with Crippen LogP contribution in [0.4, 0.5) is 0 Å². The largest absolute Gasteiger partial charge is 0.477 e. The fourth-order valence-corrected chi connectivity index (χ4v) is 4.51. The van der Waals surface area contributed by atoms with Gasteiger partial charge in [0.15, 0.2) is 0 Å². The van der Waals surface area contributed by atoms with E-state index in [1.54, 1.807) is 13.8 Å². The van der Waals surface area contributed by atoms with Crippen LogP contribution in [0.5, 0.6) is 0 Å². The molecule has 0 spiro atoms. The van der Waals surface area contributed by atoms with Crippen LogP contribution in [-0.2, 0) is 20.8 Å². The highest BCUT2D eigenvalue weighted by atomic mass is 32.2. The van der Waals surface area contributed by atoms with Crippen molar-refractivity contribution in [1.29, 1.82) is 0 Å². The average molecular weight is 325 g/mol. The third kappa shape index (κ3) is 3.85. The van der Waals surface area contributed by atoms with Crippen molar-refractivity contribution in [2.75, 3.05) is 12.8 Å². The molecular weight excluding hydrogens is 310 g/mol. The predicted octanol–water partition coefficient (Wildman–Crippen LogP) is 0.800. The normalized spacial score (nSPS) is 15.1. The molecule has 2 unspecified atom stereocenters. The number of nitrogens with one attached hydrogen (secondary N) is 1. The second kappa shape index (κ2) is 6.12. The van der Waals surface area contributed by atoms with Crippen molar-refractivity contribution in [3.8, 4) is 0 Å². The first-order valence-corrected chi connectivity index (χ1v) is 9.28. The molecule has 0 radical (unpaired) electrons. The van der Waals surface area contributed by atoms with E-state index in [2.05, 4.69) is 4.72 Å². The molecule has 0 saturated heterocycles. The van der Waals surface area contributed by atoms with Gasteiger partial charge in [-0.15, -0.1) is 11.3 Å². The summed E-state index contributed by atoms with van der Waals surface area (Å²) in [5, 5.41) is 10.1. The van der Waals surface area contributed by atoms with E-state index in [1.165, 1.54) is 11.6 Å². The zero-order valence-corrected chi connectivity index (χ0v) is 13.1. The molecule has 6 nitrogen and oxygen atoms in total. The highest BCUT2D eigenvalue weighted by molar-refractivity contribution is 7.90. The lowest BCUT2D eigenvalue weighted by molar-refractivity contribution is 0.0698. The third-order valence-electron chi connectivity index (χ3n) is 2.51. The molecule has 0 fully saturated rings. The first-order chi connectivity index (χ1) is 8.66. The Morgan fingerprint density at radius 3 is 2.63 bits per heavy atom. The summed E-state index contributed by atoms with van der Waals surface area (Å²) in [6.07, 6.45) is 1.48. The summed E-state index contributed by atoms with van der Waals surface area (Å²) >= 11 is 0.873. The van der Waals surface area contributed by atoms with Crippen molar-refractivity contribution >= 4 is 38.1 Å². The lowest BCUT2D eigenvalue weighted by Crippen LogP contribution is -2.33. The lowest BCUT2D eigenvalue weighted by Gasteiger charge is -2.11. The fraction of sp³-hybridized carbons (Fsp3) is 0.500. The van der Waals surface area contributed by atoms with Gasteiger partial charge in [-0.05, 0) is 24.8 Å². The zero-order valence-electron chi connectivity index (χ0n) is 10.7. The minimum Gasteiger partial charge on any atom is -0.477 e. The number of aromatic carboxylic acids is 1. The fourth-order valence-electron chi connectivity index (χ4n) is 1.33. The summed E-state index contributed by atoms with van der Waals surface area (Å²) in [6.45, 7) is 3.19. The topological polar surface area (TPSA) is 101 Å². The van der Waals surface area contributed by atoms with Gasteiger partial charge in [-0.2, -0.15) is 0 Å². The molecule has 1 aromatic rings. The number of carboxylic acid groups (broad SMARTS) is 1. The molecule has 2 atom stereocenters. The molecular formula is C10H15NO5S3. The zero-order chi connectivity index (χ0) is 14.8. The standard InChI is InChI=1S/C10H15NO5S3/c1-6-5-17-8(10(12)13)9(6)19(15,16)11-4-7(2)18(3)14/h5,7,11H,4H2,1-3H3,(H,12,13). The molecule has 9 heteroatoms. The Morgan fingerprint density at radius 1 is 1.58 bits per heavy atom. The van der Waals surface area contributed by atoms with Gasteiger partial charge in [0.05, 0.1) is 0 Å². The van der Waals surface area contributed by atoms with Crippen LogP contribution in [0.2, 0.25) is 0 Å². The quantitative estimate of drug-likeness (QED) is 0.806. The van der Waals surface area contributed by atoms with Crippen molar-refractivity contribution in [3.05, 3.63) is 15.8 Å². The van der Waals surface area contributed by atoms with Crippen LogP contribution in [0.25, 0.3) is 0 Å². The summed E-state index contributed by atoms with van der Waals surface area (Å²) < 4.78 is 37.7. The molecule has 0 aliphatic heterocycles. The number of sulfonamides is 1. The van der Waals surface area contributed by atoms with Crippen molar-refractivity contribution in [1.82, 2.24) is 4.72 Å². The van der Waals surface area contributed by atoms with Crippen LogP contribution in [-0.4, -0.2) is 41.8 Å². The molecule has 0 bridgehead atoms. The third-order valence-corrected chi connectivity index (χ3v) is 6.63. The van der Waals surface area contributed by atoms with Crippen molar-refractivity contribution in [2.24, 2.45) is 0 Å². The van der Waals surface area contributed by atoms with Crippen LogP contribution in [0.1, 0.15) is 22.2 Å². The van der Waals surface area contributed by atoms with Crippen LogP contribution in [0.3, 0.4) is 0 Å². The van der Waals surface area contributed by atoms with Gasteiger partial charge >= 0.3 is 5.97 Å². The average Bonchev–Trinajstić information content (AvgIpc) is 2.68. The van der Waals surface area contributed by atoms with E-state index in [1.807, 2.05) is 0 Å². The molecule has 1 aromatic heterocycles. The van der Waals surface area contributed by atoms with E-state index in [0.717, 1.165) is 11.3 Å². The van der Waals surface area contributed by atoms with E-state index in [0.29, 0.717) is 5.56 Å². The molecule has 1 rings (SSSR count). The second-order valence-electron chi connectivity index (χ2n) is 4.04. The second-order valence-corrected chi connectivity index (χ2v) is 8.43. The summed E-state index contributed by atoms with van der Waals surface area (Å²) in [4.78, 5) is 10.6. The highest BCUT2D eigenvalue weighted by Crippen LogP contribution is 2.26. The smallest absolute Gasteiger partial charge is 0.347 e. The number of hydrogen-bond donors (Lipinski definition) is 2. The van der Waals surface area contributed by atoms with Gasteiger partial charge in [-0.1, -0.05) is 0 Å². The van der Waals surface area contributed by atoms with Gasteiger partial charge in [0.1, 0.15) is 9.77 Å². The highest BCUT2D eigenvalue weighted by Gasteiger charge is 2.27. The Bertz CT molecular complexity index is 605. The molecule has 19 heavy (non-hydrogen) atoms. The number of hydrogen-bond acceptors (Lipinski definition) is 5. The minimum atomic E-state index is -3.91. The van der Waals surface area contributed by atoms with E-state index >= 15 is 0 Å². The monoisotopic (exact) mass is 325 g/mol. The Labute approximate surface area is 118 Å². The van der Waals surface area contributed by atoms with Crippen LogP contribution >= 0.6 is 11.3 Å². The van der Waals surface area contributed by atoms with Crippen LogP contribution < -0.4 is 4.72 Å². The molecule has 2 N–H and O–H groups in total. The molecule has 0 aromatic carbocycles. The SMILES string of the molecule is Cc1csc(C(=O)O)c1S(=O)(=O)NCC(C)S(C)=O. The molecule has 1 heterocycles. The van der Waals surface area contributed by atoms with E-state index in [-0.39, 0.29) is 21.6 Å². The van der Waals surface area contributed by atoms with E-state index < -0.39 is 26.8 Å². The summed E-state index contributed by atoms with van der Waals surface area (Å²) in [7, 11) is -5.06. The number of aryl methyl sites for hydroxylation is 1. The van der Waals surface area contributed by atoms with Gasteiger partial charge in [-0.3, -0.25) is 4.21 Å². The Kier molecular flexibility index (Phi) is 5.25. The number of thiophene rings is 1. The van der Waals surface area contributed by atoms with Gasteiger partial charge in [0.25, 0.3) is 0 Å². The molecule has 0 amide bonds. The van der Waals surface area contributed by atoms with Crippen molar-refractivity contribution in [3.63, 3.8) is 0 Å². The van der Waals surface area contributed by atoms with Gasteiger partial charge in [0.2, 0.25) is 10.0 Å². The van der Waals surface area contributed by atoms with Crippen LogP contribution in [0, 0.1) is 6.92 Å². The number of carbonyl (C=O) groups is 1. The maximum absolute atomic E-state index is 12.1. The maximum atomic E-state index is 12.1. The maximum Gasteiger partial charge on any atom is 0.347 e. The molecule has 108 valence electrons. The first-order valence-electron chi connectivity index (χ1n) is 5.30. The first kappa shape index (κ1) is 16.3. The van der Waals surface area contributed by atoms with E-state index in [4.69, 9.17) is 5.11 Å². The Hall–Kier alpha value is -0.770. The van der Waals surface area contributed by atoms with Gasteiger partial charge in [-0.25, -0.2) is 17.9 Å². The molecule has 0 aliphatic carbocycles. The molecule has 0 aliphatic rings. The van der Waals surface area contributed by atoms with Crippen molar-refractivity contribution in [2.45, 2.75) is 24.0 Å². The summed E-state index contributed by atoms with van der Waals surface area (Å²) in [6, 6.07) is 0. The van der Waals surface area contributed by atoms with Gasteiger partial charge < -0.3 is 5.11 Å².